The van der Waals surface area contributed by atoms with Crippen molar-refractivity contribution < 1.29 is 22.3 Å². The lowest BCUT2D eigenvalue weighted by atomic mass is 10.1. The summed E-state index contributed by atoms with van der Waals surface area (Å²) in [6.07, 6.45) is 0. The Balaban J connectivity index is 1.83. The summed E-state index contributed by atoms with van der Waals surface area (Å²) in [4.78, 5) is 13.1. The SMILES string of the molecule is CCOc1ccc(C(=O)NC(C)c2ccc(F)cc2)cc1CN(C)S(=O)(=O)c1ccc(C)cc1. The van der Waals surface area contributed by atoms with Crippen LogP contribution in [0.1, 0.15) is 46.9 Å². The Hall–Kier alpha value is -3.23. The number of hydrogen-bond acceptors (Lipinski definition) is 4. The fourth-order valence-corrected chi connectivity index (χ4v) is 4.62. The highest BCUT2D eigenvalue weighted by molar-refractivity contribution is 7.89. The lowest BCUT2D eigenvalue weighted by Crippen LogP contribution is -2.28. The van der Waals surface area contributed by atoms with E-state index in [4.69, 9.17) is 4.74 Å². The van der Waals surface area contributed by atoms with Crippen molar-refractivity contribution in [2.24, 2.45) is 0 Å². The number of ether oxygens (including phenoxy) is 1. The molecule has 0 heterocycles. The average molecular weight is 485 g/mol. The summed E-state index contributed by atoms with van der Waals surface area (Å²) in [7, 11) is -2.24. The van der Waals surface area contributed by atoms with Crippen molar-refractivity contribution in [2.75, 3.05) is 13.7 Å². The monoisotopic (exact) mass is 484 g/mol. The highest BCUT2D eigenvalue weighted by Crippen LogP contribution is 2.25. The number of rotatable bonds is 9. The van der Waals surface area contributed by atoms with Gasteiger partial charge in [0.25, 0.3) is 5.91 Å². The Kier molecular flexibility index (Phi) is 8.06. The maximum absolute atomic E-state index is 13.2. The van der Waals surface area contributed by atoms with Gasteiger partial charge in [0.2, 0.25) is 10.0 Å². The molecule has 1 N–H and O–H groups in total. The van der Waals surface area contributed by atoms with Gasteiger partial charge in [0.15, 0.2) is 0 Å². The van der Waals surface area contributed by atoms with Gasteiger partial charge in [-0.25, -0.2) is 12.8 Å². The minimum absolute atomic E-state index is 0.0280. The Labute approximate surface area is 200 Å². The summed E-state index contributed by atoms with van der Waals surface area (Å²) >= 11 is 0. The Bertz CT molecular complexity index is 1240. The number of nitrogens with zero attached hydrogens (tertiary/aromatic N) is 1. The normalized spacial score (nSPS) is 12.4. The van der Waals surface area contributed by atoms with Crippen LogP contribution in [0.15, 0.2) is 71.6 Å². The van der Waals surface area contributed by atoms with Crippen molar-refractivity contribution >= 4 is 15.9 Å². The molecule has 0 aliphatic heterocycles. The molecule has 1 amide bonds. The number of carbonyl (C=O) groups excluding carboxylic acids is 1. The zero-order valence-corrected chi connectivity index (χ0v) is 20.5. The van der Waals surface area contributed by atoms with Crippen LogP contribution >= 0.6 is 0 Å². The van der Waals surface area contributed by atoms with Gasteiger partial charge >= 0.3 is 0 Å². The zero-order valence-electron chi connectivity index (χ0n) is 19.7. The Morgan fingerprint density at radius 3 is 2.32 bits per heavy atom. The van der Waals surface area contributed by atoms with Gasteiger partial charge < -0.3 is 10.1 Å². The molecule has 3 aromatic carbocycles. The quantitative estimate of drug-likeness (QED) is 0.471. The second kappa shape index (κ2) is 10.8. The molecule has 0 spiro atoms. The van der Waals surface area contributed by atoms with E-state index >= 15 is 0 Å². The van der Waals surface area contributed by atoms with Crippen molar-refractivity contribution in [3.05, 3.63) is 94.8 Å². The Morgan fingerprint density at radius 1 is 1.06 bits per heavy atom. The largest absolute Gasteiger partial charge is 0.494 e. The van der Waals surface area contributed by atoms with E-state index in [1.54, 1.807) is 54.6 Å². The van der Waals surface area contributed by atoms with Crippen LogP contribution in [0.4, 0.5) is 4.39 Å². The van der Waals surface area contributed by atoms with E-state index in [9.17, 15) is 17.6 Å². The zero-order chi connectivity index (χ0) is 24.9. The van der Waals surface area contributed by atoms with E-state index in [2.05, 4.69) is 5.32 Å². The molecule has 0 radical (unpaired) electrons. The predicted octanol–water partition coefficient (Wildman–Crippen LogP) is 4.84. The average Bonchev–Trinajstić information content (AvgIpc) is 2.80. The summed E-state index contributed by atoms with van der Waals surface area (Å²) < 4.78 is 46.2. The molecule has 3 aromatic rings. The maximum Gasteiger partial charge on any atom is 0.251 e. The smallest absolute Gasteiger partial charge is 0.251 e. The summed E-state index contributed by atoms with van der Waals surface area (Å²) in [6.45, 7) is 5.96. The highest BCUT2D eigenvalue weighted by atomic mass is 32.2. The topological polar surface area (TPSA) is 75.7 Å². The van der Waals surface area contributed by atoms with E-state index in [1.165, 1.54) is 23.5 Å². The number of nitrogens with one attached hydrogen (secondary N) is 1. The molecule has 0 saturated carbocycles. The van der Waals surface area contributed by atoms with Crippen LogP contribution in [-0.2, 0) is 16.6 Å². The van der Waals surface area contributed by atoms with Crippen molar-refractivity contribution in [1.82, 2.24) is 9.62 Å². The van der Waals surface area contributed by atoms with Crippen molar-refractivity contribution in [3.8, 4) is 5.75 Å². The van der Waals surface area contributed by atoms with Crippen LogP contribution in [-0.4, -0.2) is 32.3 Å². The molecule has 180 valence electrons. The van der Waals surface area contributed by atoms with Crippen LogP contribution in [0.5, 0.6) is 5.75 Å². The second-order valence-corrected chi connectivity index (χ2v) is 10.1. The van der Waals surface area contributed by atoms with E-state index in [1.807, 2.05) is 20.8 Å². The third-order valence-electron chi connectivity index (χ3n) is 5.46. The molecule has 6 nitrogen and oxygen atoms in total. The minimum atomic E-state index is -3.73. The lowest BCUT2D eigenvalue weighted by molar-refractivity contribution is 0.0939. The predicted molar refractivity (Wildman–Crippen MR) is 130 cm³/mol. The van der Waals surface area contributed by atoms with Gasteiger partial charge in [-0.05, 0) is 68.8 Å². The fourth-order valence-electron chi connectivity index (χ4n) is 3.47. The number of sulfonamides is 1. The molecule has 1 atom stereocenters. The summed E-state index contributed by atoms with van der Waals surface area (Å²) in [5.74, 6) is -0.162. The third kappa shape index (κ3) is 6.01. The van der Waals surface area contributed by atoms with Gasteiger partial charge in [0.1, 0.15) is 11.6 Å². The van der Waals surface area contributed by atoms with Crippen LogP contribution in [0.3, 0.4) is 0 Å². The van der Waals surface area contributed by atoms with Gasteiger partial charge in [-0.2, -0.15) is 4.31 Å². The van der Waals surface area contributed by atoms with E-state index in [0.29, 0.717) is 23.5 Å². The number of halogens is 1. The van der Waals surface area contributed by atoms with Crippen LogP contribution < -0.4 is 10.1 Å². The van der Waals surface area contributed by atoms with Crippen molar-refractivity contribution in [3.63, 3.8) is 0 Å². The molecule has 0 aromatic heterocycles. The van der Waals surface area contributed by atoms with Crippen molar-refractivity contribution in [2.45, 2.75) is 38.3 Å². The molecule has 0 aliphatic carbocycles. The highest BCUT2D eigenvalue weighted by Gasteiger charge is 2.23. The first-order valence-corrected chi connectivity index (χ1v) is 12.4. The van der Waals surface area contributed by atoms with Crippen molar-refractivity contribution in [1.29, 1.82) is 0 Å². The number of benzene rings is 3. The maximum atomic E-state index is 13.2. The van der Waals surface area contributed by atoms with Gasteiger partial charge in [0.05, 0.1) is 17.5 Å². The fraction of sp³-hybridized carbons (Fsp3) is 0.269. The van der Waals surface area contributed by atoms with Gasteiger partial charge in [0, 0.05) is 24.7 Å². The van der Waals surface area contributed by atoms with Gasteiger partial charge in [-0.15, -0.1) is 0 Å². The first-order chi connectivity index (χ1) is 16.1. The molecule has 0 bridgehead atoms. The van der Waals surface area contributed by atoms with E-state index < -0.39 is 10.0 Å². The van der Waals surface area contributed by atoms with Gasteiger partial charge in [-0.1, -0.05) is 29.8 Å². The summed E-state index contributed by atoms with van der Waals surface area (Å²) in [5, 5.41) is 2.89. The number of amides is 1. The van der Waals surface area contributed by atoms with Crippen LogP contribution in [0, 0.1) is 12.7 Å². The molecule has 0 aliphatic rings. The summed E-state index contributed by atoms with van der Waals surface area (Å²) in [5.41, 5.74) is 2.68. The number of carbonyl (C=O) groups is 1. The molecule has 34 heavy (non-hydrogen) atoms. The summed E-state index contributed by atoms with van der Waals surface area (Å²) in [6, 6.07) is 17.2. The number of hydrogen-bond donors (Lipinski definition) is 1. The molecular formula is C26H29FN2O4S. The first kappa shape index (κ1) is 25.4. The molecule has 1 unspecified atom stereocenters. The first-order valence-electron chi connectivity index (χ1n) is 11.0. The standard InChI is InChI=1S/C26H29FN2O4S/c1-5-33-25-15-10-21(26(30)28-19(3)20-8-11-23(27)12-9-20)16-22(25)17-29(4)34(31,32)24-13-6-18(2)7-14-24/h6-16,19H,5,17H2,1-4H3,(H,28,30). The molecule has 8 heteroatoms. The van der Waals surface area contributed by atoms with Crippen LogP contribution in [0.25, 0.3) is 0 Å². The van der Waals surface area contributed by atoms with Crippen LogP contribution in [0.2, 0.25) is 0 Å². The minimum Gasteiger partial charge on any atom is -0.494 e. The third-order valence-corrected chi connectivity index (χ3v) is 7.28. The second-order valence-electron chi connectivity index (χ2n) is 8.08. The Morgan fingerprint density at radius 2 is 1.71 bits per heavy atom. The van der Waals surface area contributed by atoms with E-state index in [-0.39, 0.29) is 29.2 Å². The molecular weight excluding hydrogens is 455 g/mol. The van der Waals surface area contributed by atoms with E-state index in [0.717, 1.165) is 11.1 Å². The van der Waals surface area contributed by atoms with Gasteiger partial charge in [-0.3, -0.25) is 4.79 Å². The molecule has 0 fully saturated rings. The molecule has 3 rings (SSSR count). The number of aryl methyl sites for hydroxylation is 1. The molecule has 0 saturated heterocycles. The lowest BCUT2D eigenvalue weighted by Gasteiger charge is -2.20.